The molecule has 3 rings (SSSR count). The van der Waals surface area contributed by atoms with Crippen LogP contribution in [0.1, 0.15) is 30.5 Å². The Hall–Kier alpha value is -3.22. The number of phenols is 1. The third kappa shape index (κ3) is 3.53. The van der Waals surface area contributed by atoms with Crippen molar-refractivity contribution in [2.24, 2.45) is 5.10 Å². The van der Waals surface area contributed by atoms with E-state index in [2.05, 4.69) is 5.10 Å². The normalized spacial score (nSPS) is 16.1. The minimum atomic E-state index is -0.253. The van der Waals surface area contributed by atoms with E-state index in [9.17, 15) is 9.90 Å². The van der Waals surface area contributed by atoms with Gasteiger partial charge in [0.2, 0.25) is 5.91 Å². The molecule has 0 unspecified atom stereocenters. The van der Waals surface area contributed by atoms with Gasteiger partial charge in [0.05, 0.1) is 33.1 Å². The zero-order valence-electron chi connectivity index (χ0n) is 15.7. The van der Waals surface area contributed by atoms with Gasteiger partial charge in [0.25, 0.3) is 0 Å². The number of hydrogen-bond donors (Lipinski definition) is 1. The zero-order valence-corrected chi connectivity index (χ0v) is 15.7. The first-order valence-corrected chi connectivity index (χ1v) is 8.45. The largest absolute Gasteiger partial charge is 0.504 e. The van der Waals surface area contributed by atoms with Crippen LogP contribution in [0.2, 0.25) is 0 Å². The van der Waals surface area contributed by atoms with Gasteiger partial charge >= 0.3 is 0 Å². The molecule has 1 heterocycles. The molecule has 7 nitrogen and oxygen atoms in total. The number of methoxy groups -OCH3 is 3. The highest BCUT2D eigenvalue weighted by Gasteiger charge is 2.32. The Morgan fingerprint density at radius 1 is 1.04 bits per heavy atom. The summed E-state index contributed by atoms with van der Waals surface area (Å²) >= 11 is 0. The fourth-order valence-corrected chi connectivity index (χ4v) is 3.15. The average Bonchev–Trinajstić information content (AvgIpc) is 3.13. The quantitative estimate of drug-likeness (QED) is 0.875. The molecule has 0 radical (unpaired) electrons. The summed E-state index contributed by atoms with van der Waals surface area (Å²) in [6.45, 7) is 1.48. The molecule has 0 spiro atoms. The average molecular weight is 370 g/mol. The molecule has 1 N–H and O–H groups in total. The SMILES string of the molecule is COc1cc(C2=NN(C(C)=O)[C@@H](c3ccc(OC)c(OC)c3)C2)ccc1O. The Bertz CT molecular complexity index is 894. The number of phenolic OH excluding ortho intramolecular Hbond substituents is 1. The summed E-state index contributed by atoms with van der Waals surface area (Å²) in [5.41, 5.74) is 2.43. The maximum absolute atomic E-state index is 12.2. The summed E-state index contributed by atoms with van der Waals surface area (Å²) in [5, 5.41) is 15.8. The monoisotopic (exact) mass is 370 g/mol. The molecule has 0 saturated carbocycles. The van der Waals surface area contributed by atoms with Crippen molar-refractivity contribution < 1.29 is 24.1 Å². The molecule has 0 fully saturated rings. The maximum Gasteiger partial charge on any atom is 0.240 e. The van der Waals surface area contributed by atoms with Crippen LogP contribution in [-0.4, -0.2) is 43.1 Å². The Labute approximate surface area is 157 Å². The van der Waals surface area contributed by atoms with Crippen LogP contribution in [0.25, 0.3) is 0 Å². The van der Waals surface area contributed by atoms with Gasteiger partial charge < -0.3 is 19.3 Å². The molecule has 0 saturated heterocycles. The Morgan fingerprint density at radius 2 is 1.74 bits per heavy atom. The van der Waals surface area contributed by atoms with Crippen LogP contribution < -0.4 is 14.2 Å². The summed E-state index contributed by atoms with van der Waals surface area (Å²) in [7, 11) is 4.64. The predicted octanol–water partition coefficient (Wildman–Crippen LogP) is 3.12. The van der Waals surface area contributed by atoms with Crippen molar-refractivity contribution in [1.29, 1.82) is 0 Å². The van der Waals surface area contributed by atoms with Gasteiger partial charge in [-0.2, -0.15) is 5.10 Å². The van der Waals surface area contributed by atoms with E-state index in [0.29, 0.717) is 23.7 Å². The lowest BCUT2D eigenvalue weighted by atomic mass is 9.98. The second-order valence-electron chi connectivity index (χ2n) is 6.13. The number of aromatic hydroxyl groups is 1. The fourth-order valence-electron chi connectivity index (χ4n) is 3.15. The summed E-state index contributed by atoms with van der Waals surface area (Å²) in [6.07, 6.45) is 0.531. The van der Waals surface area contributed by atoms with E-state index < -0.39 is 0 Å². The van der Waals surface area contributed by atoms with Crippen molar-refractivity contribution >= 4 is 11.6 Å². The van der Waals surface area contributed by atoms with Gasteiger partial charge in [-0.3, -0.25) is 4.79 Å². The smallest absolute Gasteiger partial charge is 0.240 e. The molecule has 1 aliphatic rings. The highest BCUT2D eigenvalue weighted by Crippen LogP contribution is 2.38. The molecule has 2 aromatic carbocycles. The van der Waals surface area contributed by atoms with Crippen LogP contribution in [-0.2, 0) is 4.79 Å². The first-order valence-electron chi connectivity index (χ1n) is 8.45. The Kier molecular flexibility index (Phi) is 5.21. The van der Waals surface area contributed by atoms with Crippen LogP contribution in [0, 0.1) is 0 Å². The van der Waals surface area contributed by atoms with Gasteiger partial charge in [-0.05, 0) is 35.9 Å². The molecule has 7 heteroatoms. The number of rotatable bonds is 5. The lowest BCUT2D eigenvalue weighted by Crippen LogP contribution is -2.24. The second-order valence-corrected chi connectivity index (χ2v) is 6.13. The van der Waals surface area contributed by atoms with Crippen molar-refractivity contribution in [3.05, 3.63) is 47.5 Å². The van der Waals surface area contributed by atoms with E-state index in [1.807, 2.05) is 18.2 Å². The molecule has 1 atom stereocenters. The van der Waals surface area contributed by atoms with Gasteiger partial charge in [0, 0.05) is 18.9 Å². The highest BCUT2D eigenvalue weighted by molar-refractivity contribution is 6.03. The number of hydrazone groups is 1. The summed E-state index contributed by atoms with van der Waals surface area (Å²) in [6, 6.07) is 10.3. The van der Waals surface area contributed by atoms with E-state index in [4.69, 9.17) is 14.2 Å². The number of carbonyl (C=O) groups excluding carboxylic acids is 1. The molecule has 2 aromatic rings. The zero-order chi connectivity index (χ0) is 19.6. The number of benzene rings is 2. The topological polar surface area (TPSA) is 80.6 Å². The van der Waals surface area contributed by atoms with Crippen molar-refractivity contribution in [1.82, 2.24) is 5.01 Å². The Balaban J connectivity index is 1.96. The van der Waals surface area contributed by atoms with Crippen LogP contribution in [0.3, 0.4) is 0 Å². The number of ether oxygens (including phenoxy) is 3. The first-order chi connectivity index (χ1) is 13.0. The van der Waals surface area contributed by atoms with Gasteiger partial charge in [-0.15, -0.1) is 0 Å². The third-order valence-corrected chi connectivity index (χ3v) is 4.54. The maximum atomic E-state index is 12.2. The van der Waals surface area contributed by atoms with E-state index in [-0.39, 0.29) is 17.7 Å². The molecule has 0 aromatic heterocycles. The van der Waals surface area contributed by atoms with E-state index in [0.717, 1.165) is 16.8 Å². The van der Waals surface area contributed by atoms with Crippen LogP contribution in [0.15, 0.2) is 41.5 Å². The molecule has 0 aliphatic carbocycles. The highest BCUT2D eigenvalue weighted by atomic mass is 16.5. The molecular formula is C20H22N2O5. The first kappa shape index (κ1) is 18.6. The van der Waals surface area contributed by atoms with Gasteiger partial charge in [0.15, 0.2) is 23.0 Å². The molecular weight excluding hydrogens is 348 g/mol. The van der Waals surface area contributed by atoms with Crippen LogP contribution in [0.4, 0.5) is 0 Å². The van der Waals surface area contributed by atoms with Gasteiger partial charge in [-0.1, -0.05) is 6.07 Å². The van der Waals surface area contributed by atoms with Crippen molar-refractivity contribution in [2.75, 3.05) is 21.3 Å². The summed E-state index contributed by atoms with van der Waals surface area (Å²) < 4.78 is 15.8. The van der Waals surface area contributed by atoms with Crippen LogP contribution in [0.5, 0.6) is 23.0 Å². The standard InChI is InChI=1S/C20H22N2O5/c1-12(23)22-16(14-6-8-18(25-2)20(10-14)27-4)11-15(21-22)13-5-7-17(24)19(9-13)26-3/h5-10,16,24H,11H2,1-4H3/t16-/m1/s1. The molecule has 27 heavy (non-hydrogen) atoms. The van der Waals surface area contributed by atoms with E-state index in [1.165, 1.54) is 19.0 Å². The molecule has 1 aliphatic heterocycles. The van der Waals surface area contributed by atoms with Crippen LogP contribution >= 0.6 is 0 Å². The Morgan fingerprint density at radius 3 is 2.37 bits per heavy atom. The number of hydrogen-bond acceptors (Lipinski definition) is 6. The van der Waals surface area contributed by atoms with E-state index in [1.54, 1.807) is 32.4 Å². The number of amides is 1. The van der Waals surface area contributed by atoms with E-state index >= 15 is 0 Å². The van der Waals surface area contributed by atoms with Gasteiger partial charge in [0.1, 0.15) is 0 Å². The molecule has 0 bridgehead atoms. The summed E-state index contributed by atoms with van der Waals surface area (Å²) in [4.78, 5) is 12.2. The minimum absolute atomic E-state index is 0.0553. The second kappa shape index (κ2) is 7.57. The lowest BCUT2D eigenvalue weighted by Gasteiger charge is -2.21. The predicted molar refractivity (Wildman–Crippen MR) is 101 cm³/mol. The van der Waals surface area contributed by atoms with Crippen molar-refractivity contribution in [2.45, 2.75) is 19.4 Å². The molecule has 142 valence electrons. The summed E-state index contributed by atoms with van der Waals surface area (Å²) in [5.74, 6) is 1.48. The third-order valence-electron chi connectivity index (χ3n) is 4.54. The lowest BCUT2D eigenvalue weighted by molar-refractivity contribution is -0.130. The minimum Gasteiger partial charge on any atom is -0.504 e. The van der Waals surface area contributed by atoms with Crippen molar-refractivity contribution in [3.63, 3.8) is 0 Å². The van der Waals surface area contributed by atoms with Gasteiger partial charge in [-0.25, -0.2) is 5.01 Å². The van der Waals surface area contributed by atoms with Crippen molar-refractivity contribution in [3.8, 4) is 23.0 Å². The number of nitrogens with zero attached hydrogens (tertiary/aromatic N) is 2. The molecule has 1 amide bonds. The number of carbonyl (C=O) groups is 1. The fraction of sp³-hybridized carbons (Fsp3) is 0.300.